The molecule has 0 saturated heterocycles. The SMILES string of the molecule is CC(C)(C)C(OCCCCC(F)(F)C(C)(F)F)OCCCCC(F)(F)C(F)(F)F. The zero-order chi connectivity index (χ0) is 23.1. The smallest absolute Gasteiger partial charge is 0.352 e. The van der Waals surface area contributed by atoms with Gasteiger partial charge < -0.3 is 9.47 Å². The third-order valence-electron chi connectivity index (χ3n) is 4.07. The summed E-state index contributed by atoms with van der Waals surface area (Å²) in [7, 11) is 0. The zero-order valence-electron chi connectivity index (χ0n) is 17.0. The minimum Gasteiger partial charge on any atom is -0.352 e. The molecule has 0 amide bonds. The normalized spacial score (nSPS) is 15.6. The van der Waals surface area contributed by atoms with Crippen LogP contribution in [0, 0.1) is 5.41 Å². The average molecular weight is 448 g/mol. The van der Waals surface area contributed by atoms with Gasteiger partial charge in [0.1, 0.15) is 0 Å². The van der Waals surface area contributed by atoms with E-state index in [-0.39, 0.29) is 39.4 Å². The van der Waals surface area contributed by atoms with Gasteiger partial charge in [-0.3, -0.25) is 0 Å². The summed E-state index contributed by atoms with van der Waals surface area (Å²) in [6, 6.07) is 0. The molecule has 0 saturated carbocycles. The van der Waals surface area contributed by atoms with Crippen LogP contribution in [0.2, 0.25) is 0 Å². The van der Waals surface area contributed by atoms with Crippen molar-refractivity contribution < 1.29 is 49.0 Å². The van der Waals surface area contributed by atoms with Crippen LogP contribution in [0.25, 0.3) is 0 Å². The molecular formula is C18H29F9O2. The van der Waals surface area contributed by atoms with Crippen LogP contribution in [0.5, 0.6) is 0 Å². The third-order valence-corrected chi connectivity index (χ3v) is 4.07. The summed E-state index contributed by atoms with van der Waals surface area (Å²) in [5.74, 6) is -13.0. The Labute approximate surface area is 165 Å². The van der Waals surface area contributed by atoms with Crippen molar-refractivity contribution in [3.8, 4) is 0 Å². The van der Waals surface area contributed by atoms with Gasteiger partial charge in [-0.1, -0.05) is 20.8 Å². The topological polar surface area (TPSA) is 18.5 Å². The van der Waals surface area contributed by atoms with Crippen LogP contribution in [-0.4, -0.2) is 43.4 Å². The summed E-state index contributed by atoms with van der Waals surface area (Å²) < 4.78 is 124. The molecule has 0 aromatic heterocycles. The molecule has 0 aliphatic heterocycles. The first kappa shape index (κ1) is 28.3. The van der Waals surface area contributed by atoms with Gasteiger partial charge in [-0.15, -0.1) is 0 Å². The third kappa shape index (κ3) is 10.2. The van der Waals surface area contributed by atoms with Crippen molar-refractivity contribution in [1.29, 1.82) is 0 Å². The molecule has 0 aromatic rings. The maximum Gasteiger partial charge on any atom is 0.453 e. The van der Waals surface area contributed by atoms with Gasteiger partial charge in [0.05, 0.1) is 0 Å². The number of alkyl halides is 9. The van der Waals surface area contributed by atoms with Crippen molar-refractivity contribution in [2.24, 2.45) is 5.41 Å². The zero-order valence-corrected chi connectivity index (χ0v) is 17.0. The van der Waals surface area contributed by atoms with Crippen LogP contribution in [0.3, 0.4) is 0 Å². The largest absolute Gasteiger partial charge is 0.453 e. The quantitative estimate of drug-likeness (QED) is 0.168. The molecule has 0 aromatic carbocycles. The molecule has 1 atom stereocenters. The summed E-state index contributed by atoms with van der Waals surface area (Å²) in [5.41, 5.74) is -0.587. The summed E-state index contributed by atoms with van der Waals surface area (Å²) in [4.78, 5) is 0. The first-order valence-corrected chi connectivity index (χ1v) is 9.25. The first-order chi connectivity index (χ1) is 12.8. The van der Waals surface area contributed by atoms with Gasteiger partial charge in [0.25, 0.3) is 0 Å². The van der Waals surface area contributed by atoms with Gasteiger partial charge in [-0.25, -0.2) is 8.78 Å². The van der Waals surface area contributed by atoms with Crippen LogP contribution in [0.1, 0.15) is 66.2 Å². The van der Waals surface area contributed by atoms with E-state index >= 15 is 0 Å². The summed E-state index contributed by atoms with van der Waals surface area (Å²) in [6.45, 7) is 5.14. The Morgan fingerprint density at radius 1 is 0.586 bits per heavy atom. The predicted octanol–water partition coefficient (Wildman–Crippen LogP) is 7.22. The lowest BCUT2D eigenvalue weighted by Crippen LogP contribution is -2.37. The number of rotatable bonds is 13. The van der Waals surface area contributed by atoms with Gasteiger partial charge in [0.2, 0.25) is 0 Å². The van der Waals surface area contributed by atoms with E-state index in [1.54, 1.807) is 20.8 Å². The van der Waals surface area contributed by atoms with E-state index in [9.17, 15) is 39.5 Å². The maximum absolute atomic E-state index is 13.2. The molecule has 0 heterocycles. The Kier molecular flexibility index (Phi) is 10.3. The van der Waals surface area contributed by atoms with Crippen molar-refractivity contribution in [2.45, 2.75) is 96.5 Å². The molecule has 0 N–H and O–H groups in total. The molecule has 0 bridgehead atoms. The van der Waals surface area contributed by atoms with Crippen molar-refractivity contribution in [2.75, 3.05) is 13.2 Å². The van der Waals surface area contributed by atoms with Gasteiger partial charge in [-0.2, -0.15) is 30.7 Å². The Bertz CT molecular complexity index is 429. The second kappa shape index (κ2) is 10.5. The fourth-order valence-electron chi connectivity index (χ4n) is 2.19. The molecular weight excluding hydrogens is 419 g/mol. The van der Waals surface area contributed by atoms with Crippen LogP contribution in [0.4, 0.5) is 39.5 Å². The molecule has 0 rings (SSSR count). The number of hydrogen-bond acceptors (Lipinski definition) is 2. The van der Waals surface area contributed by atoms with E-state index in [4.69, 9.17) is 9.47 Å². The minimum atomic E-state index is -5.59. The van der Waals surface area contributed by atoms with E-state index < -0.39 is 54.9 Å². The molecule has 2 nitrogen and oxygen atoms in total. The van der Waals surface area contributed by atoms with E-state index in [1.807, 2.05) is 0 Å². The monoisotopic (exact) mass is 448 g/mol. The predicted molar refractivity (Wildman–Crippen MR) is 89.4 cm³/mol. The molecule has 0 aliphatic rings. The summed E-state index contributed by atoms with van der Waals surface area (Å²) in [5, 5.41) is 0. The Hall–Kier alpha value is -0.710. The Balaban J connectivity index is 4.27. The second-order valence-corrected chi connectivity index (χ2v) is 8.15. The summed E-state index contributed by atoms with van der Waals surface area (Å²) >= 11 is 0. The molecule has 11 heteroatoms. The molecule has 1 unspecified atom stereocenters. The highest BCUT2D eigenvalue weighted by atomic mass is 19.4. The van der Waals surface area contributed by atoms with E-state index in [2.05, 4.69) is 0 Å². The standard InChI is InChI=1S/C18H29F9O2/c1-14(2,3)13(28-11-7-5-9-16(21,22)15(4,19)20)29-12-8-6-10-17(23,24)18(25,26)27/h13H,5-12H2,1-4H3. The number of hydrogen-bond donors (Lipinski definition) is 0. The molecule has 0 spiro atoms. The van der Waals surface area contributed by atoms with Crippen LogP contribution in [-0.2, 0) is 9.47 Å². The van der Waals surface area contributed by atoms with Gasteiger partial charge in [-0.05, 0) is 25.7 Å². The Morgan fingerprint density at radius 2 is 0.966 bits per heavy atom. The van der Waals surface area contributed by atoms with Gasteiger partial charge in [0, 0.05) is 38.4 Å². The molecule has 0 radical (unpaired) electrons. The summed E-state index contributed by atoms with van der Waals surface area (Å²) in [6.07, 6.45) is -9.42. The van der Waals surface area contributed by atoms with E-state index in [0.29, 0.717) is 0 Å². The first-order valence-electron chi connectivity index (χ1n) is 9.25. The van der Waals surface area contributed by atoms with Crippen molar-refractivity contribution in [3.05, 3.63) is 0 Å². The molecule has 0 fully saturated rings. The average Bonchev–Trinajstić information content (AvgIpc) is 2.48. The molecule has 29 heavy (non-hydrogen) atoms. The molecule has 0 aliphatic carbocycles. The number of halogens is 9. The van der Waals surface area contributed by atoms with E-state index in [0.717, 1.165) is 0 Å². The van der Waals surface area contributed by atoms with Crippen LogP contribution < -0.4 is 0 Å². The minimum absolute atomic E-state index is 0.0561. The van der Waals surface area contributed by atoms with Crippen LogP contribution >= 0.6 is 0 Å². The number of ether oxygens (including phenoxy) is 2. The number of unbranched alkanes of at least 4 members (excludes halogenated alkanes) is 2. The fraction of sp³-hybridized carbons (Fsp3) is 1.00. The fourth-order valence-corrected chi connectivity index (χ4v) is 2.19. The highest BCUT2D eigenvalue weighted by molar-refractivity contribution is 4.80. The maximum atomic E-state index is 13.2. The highest BCUT2D eigenvalue weighted by Crippen LogP contribution is 2.39. The van der Waals surface area contributed by atoms with Crippen molar-refractivity contribution >= 4 is 0 Å². The van der Waals surface area contributed by atoms with E-state index in [1.165, 1.54) is 0 Å². The molecule has 176 valence electrons. The highest BCUT2D eigenvalue weighted by Gasteiger charge is 2.56. The lowest BCUT2D eigenvalue weighted by atomic mass is 9.96. The second-order valence-electron chi connectivity index (χ2n) is 8.15. The van der Waals surface area contributed by atoms with Crippen molar-refractivity contribution in [3.63, 3.8) is 0 Å². The lowest BCUT2D eigenvalue weighted by Gasteiger charge is -2.31. The van der Waals surface area contributed by atoms with Crippen LogP contribution in [0.15, 0.2) is 0 Å². The van der Waals surface area contributed by atoms with Gasteiger partial charge in [0.15, 0.2) is 6.29 Å². The van der Waals surface area contributed by atoms with Crippen molar-refractivity contribution in [1.82, 2.24) is 0 Å². The lowest BCUT2D eigenvalue weighted by molar-refractivity contribution is -0.284. The Morgan fingerprint density at radius 3 is 1.28 bits per heavy atom. The van der Waals surface area contributed by atoms with Gasteiger partial charge >= 0.3 is 23.9 Å².